The van der Waals surface area contributed by atoms with Gasteiger partial charge in [0.05, 0.1) is 29.8 Å². The Labute approximate surface area is 167 Å². The number of aryl methyl sites for hydroxylation is 1. The summed E-state index contributed by atoms with van der Waals surface area (Å²) < 4.78 is 10.7. The summed E-state index contributed by atoms with van der Waals surface area (Å²) in [5, 5.41) is 1.19. The molecule has 0 amide bonds. The van der Waals surface area contributed by atoms with Crippen LogP contribution in [0.4, 0.5) is 0 Å². The van der Waals surface area contributed by atoms with E-state index in [0.717, 1.165) is 33.7 Å². The first kappa shape index (κ1) is 20.0. The molecule has 1 aliphatic rings. The van der Waals surface area contributed by atoms with Gasteiger partial charge >= 0.3 is 11.9 Å². The summed E-state index contributed by atoms with van der Waals surface area (Å²) in [5.41, 5.74) is 2.41. The number of para-hydroxylation sites is 1. The molecule has 7 heteroatoms. The smallest absolute Gasteiger partial charge is 0.340 e. The zero-order valence-electron chi connectivity index (χ0n) is 15.5. The van der Waals surface area contributed by atoms with Crippen LogP contribution >= 0.6 is 23.5 Å². The second-order valence-electron chi connectivity index (χ2n) is 6.23. The SMILES string of the molecule is CCOC(=O)c1c(COC(=O)C[C@@H]2CSCCS2)nc2ccccc2c1C. The van der Waals surface area contributed by atoms with Crippen molar-refractivity contribution in [2.75, 3.05) is 23.9 Å². The lowest BCUT2D eigenvalue weighted by Crippen LogP contribution is -2.20. The van der Waals surface area contributed by atoms with Crippen LogP contribution in [0.3, 0.4) is 0 Å². The first-order chi connectivity index (χ1) is 13.1. The number of carbonyl (C=O) groups excluding carboxylic acids is 2. The van der Waals surface area contributed by atoms with E-state index in [9.17, 15) is 9.59 Å². The lowest BCUT2D eigenvalue weighted by Gasteiger charge is -2.20. The first-order valence-electron chi connectivity index (χ1n) is 9.00. The number of carbonyl (C=O) groups is 2. The van der Waals surface area contributed by atoms with Crippen LogP contribution in [0.5, 0.6) is 0 Å². The van der Waals surface area contributed by atoms with E-state index in [4.69, 9.17) is 9.47 Å². The molecule has 0 unspecified atom stereocenters. The third kappa shape index (κ3) is 4.96. The molecule has 0 aliphatic carbocycles. The number of pyridine rings is 1. The van der Waals surface area contributed by atoms with Crippen molar-refractivity contribution in [1.82, 2.24) is 4.98 Å². The molecular weight excluding hydrogens is 382 g/mol. The van der Waals surface area contributed by atoms with Gasteiger partial charge in [-0.3, -0.25) is 4.79 Å². The molecule has 2 heterocycles. The summed E-state index contributed by atoms with van der Waals surface area (Å²) in [7, 11) is 0. The minimum Gasteiger partial charge on any atom is -0.462 e. The van der Waals surface area contributed by atoms with Crippen LogP contribution in [0.25, 0.3) is 10.9 Å². The Bertz CT molecular complexity index is 834. The number of rotatable bonds is 6. The molecular formula is C20H23NO4S2. The van der Waals surface area contributed by atoms with Gasteiger partial charge in [-0.15, -0.1) is 0 Å². The van der Waals surface area contributed by atoms with E-state index < -0.39 is 5.97 Å². The number of hydrogen-bond acceptors (Lipinski definition) is 7. The number of nitrogens with zero attached hydrogens (tertiary/aromatic N) is 1. The van der Waals surface area contributed by atoms with Crippen LogP contribution in [-0.2, 0) is 20.9 Å². The van der Waals surface area contributed by atoms with Crippen molar-refractivity contribution in [2.24, 2.45) is 0 Å². The largest absolute Gasteiger partial charge is 0.462 e. The van der Waals surface area contributed by atoms with E-state index in [0.29, 0.717) is 22.9 Å². The monoisotopic (exact) mass is 405 g/mol. The van der Waals surface area contributed by atoms with Crippen molar-refractivity contribution in [3.05, 3.63) is 41.1 Å². The van der Waals surface area contributed by atoms with Crippen molar-refractivity contribution in [1.29, 1.82) is 0 Å². The number of aromatic nitrogens is 1. The number of thioether (sulfide) groups is 2. The van der Waals surface area contributed by atoms with Gasteiger partial charge in [-0.2, -0.15) is 23.5 Å². The Morgan fingerprint density at radius 1 is 1.22 bits per heavy atom. The molecule has 5 nitrogen and oxygen atoms in total. The fraction of sp³-hybridized carbons (Fsp3) is 0.450. The van der Waals surface area contributed by atoms with Gasteiger partial charge in [-0.1, -0.05) is 18.2 Å². The first-order valence-corrected chi connectivity index (χ1v) is 11.2. The average molecular weight is 406 g/mol. The third-order valence-corrected chi connectivity index (χ3v) is 7.20. The van der Waals surface area contributed by atoms with Gasteiger partial charge in [0.2, 0.25) is 0 Å². The van der Waals surface area contributed by atoms with Crippen molar-refractivity contribution < 1.29 is 19.1 Å². The van der Waals surface area contributed by atoms with Crippen molar-refractivity contribution >= 4 is 46.4 Å². The molecule has 144 valence electrons. The van der Waals surface area contributed by atoms with Crippen LogP contribution in [-0.4, -0.2) is 46.0 Å². The molecule has 1 aromatic carbocycles. The summed E-state index contributed by atoms with van der Waals surface area (Å²) in [6, 6.07) is 7.62. The maximum absolute atomic E-state index is 12.5. The van der Waals surface area contributed by atoms with Gasteiger partial charge in [0, 0.05) is 27.9 Å². The summed E-state index contributed by atoms with van der Waals surface area (Å²) in [6.45, 7) is 3.89. The minimum atomic E-state index is -0.432. The highest BCUT2D eigenvalue weighted by Gasteiger charge is 2.22. The minimum absolute atomic E-state index is 0.0246. The molecule has 0 N–H and O–H groups in total. The second kappa shape index (κ2) is 9.46. The molecule has 0 bridgehead atoms. The molecule has 27 heavy (non-hydrogen) atoms. The highest BCUT2D eigenvalue weighted by molar-refractivity contribution is 8.06. The normalized spacial score (nSPS) is 16.9. The highest BCUT2D eigenvalue weighted by Crippen LogP contribution is 2.27. The predicted molar refractivity (Wildman–Crippen MR) is 110 cm³/mol. The third-order valence-electron chi connectivity index (χ3n) is 4.36. The number of fused-ring (bicyclic) bond motifs is 1. The lowest BCUT2D eigenvalue weighted by atomic mass is 10.0. The van der Waals surface area contributed by atoms with Crippen LogP contribution < -0.4 is 0 Å². The molecule has 1 aromatic heterocycles. The van der Waals surface area contributed by atoms with Gasteiger partial charge in [0.15, 0.2) is 0 Å². The van der Waals surface area contributed by atoms with E-state index in [1.165, 1.54) is 0 Å². The molecule has 0 spiro atoms. The number of ether oxygens (including phenoxy) is 2. The maximum atomic E-state index is 12.5. The fourth-order valence-corrected chi connectivity index (χ4v) is 5.73. The van der Waals surface area contributed by atoms with Crippen LogP contribution in [0, 0.1) is 6.92 Å². The molecule has 3 rings (SSSR count). The van der Waals surface area contributed by atoms with Crippen molar-refractivity contribution in [2.45, 2.75) is 32.1 Å². The van der Waals surface area contributed by atoms with Gasteiger partial charge < -0.3 is 9.47 Å². The quantitative estimate of drug-likeness (QED) is 0.673. The topological polar surface area (TPSA) is 65.5 Å². The summed E-state index contributed by atoms with van der Waals surface area (Å²) in [4.78, 5) is 29.3. The van der Waals surface area contributed by atoms with E-state index in [1.807, 2.05) is 54.7 Å². The molecule has 1 fully saturated rings. The Morgan fingerprint density at radius 2 is 2.04 bits per heavy atom. The van der Waals surface area contributed by atoms with Gasteiger partial charge in [0.25, 0.3) is 0 Å². The molecule has 2 aromatic rings. The van der Waals surface area contributed by atoms with Crippen LogP contribution in [0.15, 0.2) is 24.3 Å². The van der Waals surface area contributed by atoms with E-state index in [-0.39, 0.29) is 19.2 Å². The van der Waals surface area contributed by atoms with Gasteiger partial charge in [-0.25, -0.2) is 9.78 Å². The Balaban J connectivity index is 1.80. The van der Waals surface area contributed by atoms with Crippen LogP contribution in [0.2, 0.25) is 0 Å². The molecule has 1 saturated heterocycles. The van der Waals surface area contributed by atoms with E-state index >= 15 is 0 Å². The second-order valence-corrected chi connectivity index (χ2v) is 8.79. The predicted octanol–water partition coefficient (Wildman–Crippen LogP) is 4.00. The Morgan fingerprint density at radius 3 is 2.78 bits per heavy atom. The Kier molecular flexibility index (Phi) is 7.01. The van der Waals surface area contributed by atoms with E-state index in [1.54, 1.807) is 6.92 Å². The zero-order chi connectivity index (χ0) is 19.2. The maximum Gasteiger partial charge on any atom is 0.340 e. The highest BCUT2D eigenvalue weighted by atomic mass is 32.2. The van der Waals surface area contributed by atoms with Gasteiger partial charge in [0.1, 0.15) is 6.61 Å². The standard InChI is InChI=1S/C20H23NO4S2/c1-3-24-20(23)19-13(2)15-6-4-5-7-16(15)21-17(19)11-25-18(22)10-14-12-26-8-9-27-14/h4-7,14H,3,8-12H2,1-2H3/t14-/m1/s1. The van der Waals surface area contributed by atoms with E-state index in [2.05, 4.69) is 4.98 Å². The Hall–Kier alpha value is -1.73. The average Bonchev–Trinajstić information content (AvgIpc) is 2.67. The summed E-state index contributed by atoms with van der Waals surface area (Å²) in [6.07, 6.45) is 0.388. The molecule has 0 radical (unpaired) electrons. The van der Waals surface area contributed by atoms with Crippen LogP contribution in [0.1, 0.15) is 35.0 Å². The summed E-state index contributed by atoms with van der Waals surface area (Å²) in [5.74, 6) is 2.50. The number of esters is 2. The lowest BCUT2D eigenvalue weighted by molar-refractivity contribution is -0.144. The zero-order valence-corrected chi connectivity index (χ0v) is 17.2. The molecule has 1 atom stereocenters. The number of benzene rings is 1. The fourth-order valence-electron chi connectivity index (χ4n) is 3.07. The summed E-state index contributed by atoms with van der Waals surface area (Å²) >= 11 is 3.69. The van der Waals surface area contributed by atoms with Crippen molar-refractivity contribution in [3.63, 3.8) is 0 Å². The molecule has 0 saturated carbocycles. The molecule has 1 aliphatic heterocycles. The van der Waals surface area contributed by atoms with Gasteiger partial charge in [-0.05, 0) is 25.5 Å². The number of hydrogen-bond donors (Lipinski definition) is 0. The van der Waals surface area contributed by atoms with Crippen molar-refractivity contribution in [3.8, 4) is 0 Å².